The molecule has 6 nitrogen and oxygen atoms in total. The standard InChI is InChI=1S/C23H20N3O3P/c24-23(25-22-17-9-11-18-10-7-8-16-21(18)22)26-30(27,28-19-12-3-1-4-13-19)29-20-14-5-2-6-15-20/h1-17H,(H3,24,25,26,27). The molecular formula is C23H20N3O3P. The van der Waals surface area contributed by atoms with Crippen LogP contribution in [-0.2, 0) is 4.57 Å². The van der Waals surface area contributed by atoms with Crippen molar-refractivity contribution < 1.29 is 13.6 Å². The molecule has 0 aliphatic rings. The second-order valence-electron chi connectivity index (χ2n) is 6.41. The van der Waals surface area contributed by atoms with Crippen LogP contribution >= 0.6 is 7.75 Å². The number of hydrogen-bond acceptors (Lipinski definition) is 3. The number of guanidine groups is 1. The summed E-state index contributed by atoms with van der Waals surface area (Å²) in [6, 6.07) is 31.0. The first-order valence-corrected chi connectivity index (χ1v) is 10.8. The SMILES string of the molecule is N/C(=N\P(=O)(Oc1ccccc1)Oc1ccccc1)Nc1cccc2ccccc12. The van der Waals surface area contributed by atoms with Gasteiger partial charge in [-0.2, -0.15) is 0 Å². The topological polar surface area (TPSA) is 85.9 Å². The molecule has 0 unspecified atom stereocenters. The summed E-state index contributed by atoms with van der Waals surface area (Å²) in [5.41, 5.74) is 6.83. The van der Waals surface area contributed by atoms with Crippen molar-refractivity contribution in [3.8, 4) is 11.5 Å². The molecule has 7 heteroatoms. The van der Waals surface area contributed by atoms with Gasteiger partial charge in [0.25, 0.3) is 0 Å². The molecule has 0 aliphatic carbocycles. The normalized spacial score (nSPS) is 11.8. The van der Waals surface area contributed by atoms with E-state index < -0.39 is 7.75 Å². The Kier molecular flexibility index (Phi) is 5.68. The zero-order valence-electron chi connectivity index (χ0n) is 16.0. The summed E-state index contributed by atoms with van der Waals surface area (Å²) < 4.78 is 28.8. The minimum atomic E-state index is -4.02. The van der Waals surface area contributed by atoms with Gasteiger partial charge in [-0.25, -0.2) is 4.57 Å². The van der Waals surface area contributed by atoms with E-state index in [2.05, 4.69) is 10.1 Å². The third-order valence-corrected chi connectivity index (χ3v) is 5.55. The predicted molar refractivity (Wildman–Crippen MR) is 121 cm³/mol. The molecule has 30 heavy (non-hydrogen) atoms. The Morgan fingerprint density at radius 3 is 1.90 bits per heavy atom. The fraction of sp³-hybridized carbons (Fsp3) is 0. The maximum absolute atomic E-state index is 13.5. The summed E-state index contributed by atoms with van der Waals surface area (Å²) in [4.78, 5) is 0. The zero-order valence-corrected chi connectivity index (χ0v) is 16.9. The number of nitrogens with zero attached hydrogens (tertiary/aromatic N) is 1. The summed E-state index contributed by atoms with van der Waals surface area (Å²) in [5.74, 6) is 0.637. The van der Waals surface area contributed by atoms with E-state index in [0.29, 0.717) is 11.5 Å². The Morgan fingerprint density at radius 2 is 1.27 bits per heavy atom. The number of fused-ring (bicyclic) bond motifs is 1. The number of rotatable bonds is 6. The first-order chi connectivity index (χ1) is 14.6. The van der Waals surface area contributed by atoms with Crippen LogP contribution < -0.4 is 20.1 Å². The second kappa shape index (κ2) is 8.72. The van der Waals surface area contributed by atoms with Crippen molar-refractivity contribution in [2.75, 3.05) is 5.32 Å². The molecule has 150 valence electrons. The summed E-state index contributed by atoms with van der Waals surface area (Å²) in [5, 5.41) is 5.01. The summed E-state index contributed by atoms with van der Waals surface area (Å²) >= 11 is 0. The molecule has 0 heterocycles. The minimum Gasteiger partial charge on any atom is -0.399 e. The van der Waals surface area contributed by atoms with Crippen molar-refractivity contribution in [1.82, 2.24) is 0 Å². The van der Waals surface area contributed by atoms with Crippen molar-refractivity contribution in [1.29, 1.82) is 0 Å². The molecule has 0 radical (unpaired) electrons. The van der Waals surface area contributed by atoms with E-state index in [4.69, 9.17) is 14.8 Å². The lowest BCUT2D eigenvalue weighted by Gasteiger charge is -2.17. The van der Waals surface area contributed by atoms with E-state index >= 15 is 0 Å². The van der Waals surface area contributed by atoms with E-state index in [1.54, 1.807) is 48.5 Å². The Bertz CT molecular complexity index is 1160. The number of benzene rings is 4. The lowest BCUT2D eigenvalue weighted by atomic mass is 10.1. The van der Waals surface area contributed by atoms with Crippen LogP contribution in [0.15, 0.2) is 108 Å². The van der Waals surface area contributed by atoms with Crippen LogP contribution in [0.3, 0.4) is 0 Å². The van der Waals surface area contributed by atoms with Gasteiger partial charge in [-0.1, -0.05) is 72.8 Å². The molecule has 0 aliphatic heterocycles. The molecule has 0 spiro atoms. The maximum atomic E-state index is 13.5. The Balaban J connectivity index is 1.65. The summed E-state index contributed by atoms with van der Waals surface area (Å²) in [6.45, 7) is 0. The molecule has 0 atom stereocenters. The molecule has 4 aromatic rings. The molecule has 4 aromatic carbocycles. The van der Waals surface area contributed by atoms with Crippen LogP contribution in [0.5, 0.6) is 11.5 Å². The number of nitrogens with two attached hydrogens (primary N) is 1. The predicted octanol–water partition coefficient (Wildman–Crippen LogP) is 5.83. The van der Waals surface area contributed by atoms with Gasteiger partial charge in [0.15, 0.2) is 0 Å². The summed E-state index contributed by atoms with van der Waals surface area (Å²) in [7, 11) is -4.02. The molecular weight excluding hydrogens is 397 g/mol. The van der Waals surface area contributed by atoms with Crippen molar-refractivity contribution >= 4 is 30.2 Å². The highest BCUT2D eigenvalue weighted by atomic mass is 31.2. The van der Waals surface area contributed by atoms with Crippen LogP contribution in [0, 0.1) is 0 Å². The average Bonchev–Trinajstić information content (AvgIpc) is 2.75. The van der Waals surface area contributed by atoms with Crippen molar-refractivity contribution in [2.24, 2.45) is 10.5 Å². The zero-order chi connectivity index (χ0) is 20.8. The lowest BCUT2D eigenvalue weighted by Crippen LogP contribution is -2.23. The van der Waals surface area contributed by atoms with E-state index in [-0.39, 0.29) is 5.96 Å². The monoisotopic (exact) mass is 417 g/mol. The van der Waals surface area contributed by atoms with Gasteiger partial charge < -0.3 is 20.1 Å². The first kappa shape index (κ1) is 19.6. The van der Waals surface area contributed by atoms with Crippen LogP contribution in [0.25, 0.3) is 10.8 Å². The van der Waals surface area contributed by atoms with Crippen LogP contribution in [-0.4, -0.2) is 5.96 Å². The number of anilines is 1. The number of para-hydroxylation sites is 2. The van der Waals surface area contributed by atoms with Gasteiger partial charge in [0.05, 0.1) is 0 Å². The van der Waals surface area contributed by atoms with E-state index in [0.717, 1.165) is 16.5 Å². The van der Waals surface area contributed by atoms with Crippen LogP contribution in [0.4, 0.5) is 5.69 Å². The molecule has 0 saturated carbocycles. The maximum Gasteiger partial charge on any atom is 0.566 e. The van der Waals surface area contributed by atoms with E-state index in [1.807, 2.05) is 54.6 Å². The second-order valence-corrected chi connectivity index (χ2v) is 7.92. The van der Waals surface area contributed by atoms with Gasteiger partial charge in [-0.15, -0.1) is 4.76 Å². The van der Waals surface area contributed by atoms with Gasteiger partial charge in [0.1, 0.15) is 11.5 Å². The van der Waals surface area contributed by atoms with E-state index in [1.165, 1.54) is 0 Å². The smallest absolute Gasteiger partial charge is 0.399 e. The first-order valence-electron chi connectivity index (χ1n) is 9.31. The molecule has 0 fully saturated rings. The number of hydrogen-bond donors (Lipinski definition) is 2. The number of nitrogens with one attached hydrogen (secondary N) is 1. The minimum absolute atomic E-state index is 0.0819. The van der Waals surface area contributed by atoms with E-state index in [9.17, 15) is 4.57 Å². The van der Waals surface area contributed by atoms with Crippen molar-refractivity contribution in [2.45, 2.75) is 0 Å². The average molecular weight is 417 g/mol. The highest BCUT2D eigenvalue weighted by molar-refractivity contribution is 7.53. The summed E-state index contributed by atoms with van der Waals surface area (Å²) in [6.07, 6.45) is 0. The quantitative estimate of drug-likeness (QED) is 0.234. The van der Waals surface area contributed by atoms with Crippen LogP contribution in [0.1, 0.15) is 0 Å². The highest BCUT2D eigenvalue weighted by Crippen LogP contribution is 2.50. The largest absolute Gasteiger partial charge is 0.566 e. The third kappa shape index (κ3) is 4.80. The Hall–Kier alpha value is -3.76. The molecule has 0 aromatic heterocycles. The third-order valence-electron chi connectivity index (χ3n) is 4.21. The molecule has 0 amide bonds. The highest BCUT2D eigenvalue weighted by Gasteiger charge is 2.29. The van der Waals surface area contributed by atoms with Gasteiger partial charge in [-0.3, -0.25) is 0 Å². The lowest BCUT2D eigenvalue weighted by molar-refractivity contribution is 0.388. The Morgan fingerprint density at radius 1 is 0.733 bits per heavy atom. The fourth-order valence-electron chi connectivity index (χ4n) is 2.92. The van der Waals surface area contributed by atoms with Gasteiger partial charge in [-0.05, 0) is 35.7 Å². The van der Waals surface area contributed by atoms with Gasteiger partial charge >= 0.3 is 7.75 Å². The molecule has 0 saturated heterocycles. The molecule has 3 N–H and O–H groups in total. The van der Waals surface area contributed by atoms with Gasteiger partial charge in [0, 0.05) is 11.1 Å². The van der Waals surface area contributed by atoms with Gasteiger partial charge in [0.2, 0.25) is 5.96 Å². The van der Waals surface area contributed by atoms with Crippen molar-refractivity contribution in [3.63, 3.8) is 0 Å². The molecule has 4 rings (SSSR count). The Labute approximate surface area is 174 Å². The fourth-order valence-corrected chi connectivity index (χ4v) is 4.13. The molecule has 0 bridgehead atoms. The van der Waals surface area contributed by atoms with Crippen LogP contribution in [0.2, 0.25) is 0 Å². The van der Waals surface area contributed by atoms with Crippen molar-refractivity contribution in [3.05, 3.63) is 103 Å².